The fourth-order valence-corrected chi connectivity index (χ4v) is 2.70. The van der Waals surface area contributed by atoms with E-state index in [1.54, 1.807) is 24.1 Å². The van der Waals surface area contributed by atoms with E-state index in [2.05, 4.69) is 21.4 Å². The van der Waals surface area contributed by atoms with Gasteiger partial charge < -0.3 is 10.1 Å². The van der Waals surface area contributed by atoms with Gasteiger partial charge in [0.1, 0.15) is 5.75 Å². The van der Waals surface area contributed by atoms with Crippen LogP contribution in [0.25, 0.3) is 0 Å². The van der Waals surface area contributed by atoms with Crippen LogP contribution in [0.2, 0.25) is 0 Å². The maximum absolute atomic E-state index is 12.1. The highest BCUT2D eigenvalue weighted by Gasteiger charge is 2.31. The Hall–Kier alpha value is -2.34. The number of ether oxygens (including phenoxy) is 1. The van der Waals surface area contributed by atoms with Gasteiger partial charge in [0.15, 0.2) is 5.82 Å². The van der Waals surface area contributed by atoms with E-state index >= 15 is 0 Å². The van der Waals surface area contributed by atoms with Crippen LogP contribution in [0.4, 0.5) is 5.82 Å². The lowest BCUT2D eigenvalue weighted by Crippen LogP contribution is -2.45. The highest BCUT2D eigenvalue weighted by molar-refractivity contribution is 5.91. The van der Waals surface area contributed by atoms with Crippen LogP contribution in [-0.2, 0) is 11.8 Å². The molecule has 1 aliphatic heterocycles. The van der Waals surface area contributed by atoms with E-state index in [0.29, 0.717) is 12.4 Å². The molecule has 1 fully saturated rings. The van der Waals surface area contributed by atoms with E-state index in [4.69, 9.17) is 4.74 Å². The first-order chi connectivity index (χ1) is 10.7. The van der Waals surface area contributed by atoms with Crippen LogP contribution in [-0.4, -0.2) is 40.8 Å². The number of methoxy groups -OCH3 is 1. The second-order valence-electron chi connectivity index (χ2n) is 5.47. The van der Waals surface area contributed by atoms with Crippen molar-refractivity contribution in [3.8, 4) is 5.75 Å². The van der Waals surface area contributed by atoms with Gasteiger partial charge >= 0.3 is 0 Å². The Bertz CT molecular complexity index is 668. The Morgan fingerprint density at radius 3 is 2.95 bits per heavy atom. The Morgan fingerprint density at radius 1 is 1.45 bits per heavy atom. The summed E-state index contributed by atoms with van der Waals surface area (Å²) in [6.45, 7) is 1.30. The number of carbonyl (C=O) groups is 1. The van der Waals surface area contributed by atoms with Crippen LogP contribution in [0.3, 0.4) is 0 Å². The molecule has 6 nitrogen and oxygen atoms in total. The SMILES string of the molecule is COc1cccc(C2CCN2CC(=O)Nc2ccn(C)n2)c1. The molecule has 2 heterocycles. The number of carbonyl (C=O) groups excluding carboxylic acids is 1. The number of hydrogen-bond donors (Lipinski definition) is 1. The number of aryl methyl sites for hydroxylation is 1. The minimum Gasteiger partial charge on any atom is -0.497 e. The monoisotopic (exact) mass is 300 g/mol. The molecule has 0 bridgehead atoms. The van der Waals surface area contributed by atoms with Crippen molar-refractivity contribution in [2.75, 3.05) is 25.5 Å². The van der Waals surface area contributed by atoms with Crippen LogP contribution in [0.5, 0.6) is 5.75 Å². The molecule has 1 amide bonds. The summed E-state index contributed by atoms with van der Waals surface area (Å²) in [5.41, 5.74) is 1.19. The lowest BCUT2D eigenvalue weighted by atomic mass is 9.94. The zero-order valence-corrected chi connectivity index (χ0v) is 12.8. The molecule has 1 unspecified atom stereocenters. The number of likely N-dealkylation sites (tertiary alicyclic amines) is 1. The second kappa shape index (κ2) is 6.19. The molecule has 2 aromatic rings. The number of hydrogen-bond acceptors (Lipinski definition) is 4. The average molecular weight is 300 g/mol. The molecule has 1 aromatic carbocycles. The lowest BCUT2D eigenvalue weighted by molar-refractivity contribution is -0.119. The lowest BCUT2D eigenvalue weighted by Gasteiger charge is -2.40. The third kappa shape index (κ3) is 3.12. The quantitative estimate of drug-likeness (QED) is 0.915. The second-order valence-corrected chi connectivity index (χ2v) is 5.47. The highest BCUT2D eigenvalue weighted by atomic mass is 16.5. The van der Waals surface area contributed by atoms with Crippen LogP contribution in [0.1, 0.15) is 18.0 Å². The van der Waals surface area contributed by atoms with E-state index in [0.717, 1.165) is 18.7 Å². The molecular formula is C16H20N4O2. The Balaban J connectivity index is 1.59. The van der Waals surface area contributed by atoms with Gasteiger partial charge in [0.05, 0.1) is 13.7 Å². The Morgan fingerprint density at radius 2 is 2.32 bits per heavy atom. The summed E-state index contributed by atoms with van der Waals surface area (Å²) in [4.78, 5) is 14.3. The summed E-state index contributed by atoms with van der Waals surface area (Å²) in [6.07, 6.45) is 2.86. The average Bonchev–Trinajstić information content (AvgIpc) is 2.89. The van der Waals surface area contributed by atoms with Crippen molar-refractivity contribution in [2.45, 2.75) is 12.5 Å². The maximum Gasteiger partial charge on any atom is 0.239 e. The molecule has 1 saturated heterocycles. The van der Waals surface area contributed by atoms with Gasteiger partial charge in [-0.25, -0.2) is 0 Å². The predicted octanol–water partition coefficient (Wildman–Crippen LogP) is 1.81. The fraction of sp³-hybridized carbons (Fsp3) is 0.375. The van der Waals surface area contributed by atoms with E-state index in [1.165, 1.54) is 5.56 Å². The molecule has 1 aliphatic rings. The predicted molar refractivity (Wildman–Crippen MR) is 83.8 cm³/mol. The zero-order valence-electron chi connectivity index (χ0n) is 12.8. The van der Waals surface area contributed by atoms with Crippen molar-refractivity contribution in [3.63, 3.8) is 0 Å². The summed E-state index contributed by atoms with van der Waals surface area (Å²) in [5.74, 6) is 1.40. The largest absolute Gasteiger partial charge is 0.497 e. The summed E-state index contributed by atoms with van der Waals surface area (Å²) >= 11 is 0. The number of benzene rings is 1. The van der Waals surface area contributed by atoms with E-state index in [9.17, 15) is 4.79 Å². The number of nitrogens with zero attached hydrogens (tertiary/aromatic N) is 3. The van der Waals surface area contributed by atoms with Gasteiger partial charge in [0.2, 0.25) is 5.91 Å². The molecule has 1 aromatic heterocycles. The van der Waals surface area contributed by atoms with Crippen LogP contribution >= 0.6 is 0 Å². The summed E-state index contributed by atoms with van der Waals surface area (Å²) < 4.78 is 6.93. The third-order valence-electron chi connectivity index (χ3n) is 3.94. The van der Waals surface area contributed by atoms with Crippen molar-refractivity contribution >= 4 is 11.7 Å². The van der Waals surface area contributed by atoms with Crippen LogP contribution in [0, 0.1) is 0 Å². The van der Waals surface area contributed by atoms with E-state index in [1.807, 2.05) is 25.2 Å². The number of amides is 1. The Labute approximate surface area is 129 Å². The molecule has 0 spiro atoms. The molecule has 0 aliphatic carbocycles. The molecule has 0 radical (unpaired) electrons. The van der Waals surface area contributed by atoms with Crippen LogP contribution in [0.15, 0.2) is 36.5 Å². The van der Waals surface area contributed by atoms with Gasteiger partial charge in [-0.3, -0.25) is 14.4 Å². The molecule has 116 valence electrons. The number of nitrogens with one attached hydrogen (secondary N) is 1. The molecule has 6 heteroatoms. The first-order valence-electron chi connectivity index (χ1n) is 7.33. The first kappa shape index (κ1) is 14.6. The molecule has 1 atom stereocenters. The fourth-order valence-electron chi connectivity index (χ4n) is 2.70. The van der Waals surface area contributed by atoms with Crippen molar-refractivity contribution in [3.05, 3.63) is 42.1 Å². The molecule has 1 N–H and O–H groups in total. The van der Waals surface area contributed by atoms with Crippen molar-refractivity contribution in [1.29, 1.82) is 0 Å². The molecular weight excluding hydrogens is 280 g/mol. The molecule has 22 heavy (non-hydrogen) atoms. The van der Waals surface area contributed by atoms with Crippen molar-refractivity contribution in [1.82, 2.24) is 14.7 Å². The summed E-state index contributed by atoms with van der Waals surface area (Å²) in [6, 6.07) is 10.1. The maximum atomic E-state index is 12.1. The van der Waals surface area contributed by atoms with Gasteiger partial charge in [-0.1, -0.05) is 12.1 Å². The number of anilines is 1. The van der Waals surface area contributed by atoms with E-state index < -0.39 is 0 Å². The summed E-state index contributed by atoms with van der Waals surface area (Å²) in [5, 5.41) is 6.97. The third-order valence-corrected chi connectivity index (χ3v) is 3.94. The van der Waals surface area contributed by atoms with E-state index in [-0.39, 0.29) is 11.9 Å². The van der Waals surface area contributed by atoms with Gasteiger partial charge in [-0.2, -0.15) is 5.10 Å². The molecule has 0 saturated carbocycles. The number of aromatic nitrogens is 2. The van der Waals surface area contributed by atoms with Gasteiger partial charge in [-0.15, -0.1) is 0 Å². The van der Waals surface area contributed by atoms with Crippen molar-refractivity contribution in [2.24, 2.45) is 7.05 Å². The molecule has 3 rings (SSSR count). The first-order valence-corrected chi connectivity index (χ1v) is 7.33. The topological polar surface area (TPSA) is 59.4 Å². The number of rotatable bonds is 5. The minimum absolute atomic E-state index is 0.0358. The minimum atomic E-state index is -0.0358. The van der Waals surface area contributed by atoms with Gasteiger partial charge in [-0.05, 0) is 24.1 Å². The highest BCUT2D eigenvalue weighted by Crippen LogP contribution is 2.34. The normalized spacial score (nSPS) is 17.8. The van der Waals surface area contributed by atoms with Crippen LogP contribution < -0.4 is 10.1 Å². The van der Waals surface area contributed by atoms with Crippen molar-refractivity contribution < 1.29 is 9.53 Å². The smallest absolute Gasteiger partial charge is 0.239 e. The van der Waals surface area contributed by atoms with Gasteiger partial charge in [0, 0.05) is 31.9 Å². The Kier molecular flexibility index (Phi) is 4.11. The zero-order chi connectivity index (χ0) is 15.5. The summed E-state index contributed by atoms with van der Waals surface area (Å²) in [7, 11) is 3.49. The van der Waals surface area contributed by atoms with Gasteiger partial charge in [0.25, 0.3) is 0 Å². The standard InChI is InChI=1S/C16H20N4O2/c1-19-8-7-15(18-19)17-16(21)11-20-9-6-14(20)12-4-3-5-13(10-12)22-2/h3-5,7-8,10,14H,6,9,11H2,1-2H3,(H,17,18,21).